The van der Waals surface area contributed by atoms with E-state index in [1.54, 1.807) is 0 Å². The fraction of sp³-hybridized carbons (Fsp3) is 0.455. The summed E-state index contributed by atoms with van der Waals surface area (Å²) in [6.07, 6.45) is -4.12. The molecule has 17 heavy (non-hydrogen) atoms. The fourth-order valence-electron chi connectivity index (χ4n) is 1.67. The van der Waals surface area contributed by atoms with E-state index < -0.39 is 17.5 Å². The molecule has 1 aliphatic carbocycles. The smallest absolute Gasteiger partial charge is 0.299 e. The Morgan fingerprint density at radius 3 is 2.35 bits per heavy atom. The lowest BCUT2D eigenvalue weighted by Crippen LogP contribution is -2.44. The first-order chi connectivity index (χ1) is 7.82. The number of nitrogens with one attached hydrogen (secondary N) is 1. The van der Waals surface area contributed by atoms with Crippen molar-refractivity contribution < 1.29 is 17.6 Å². The molecular formula is C11H10ClF4N. The van der Waals surface area contributed by atoms with Crippen molar-refractivity contribution in [1.82, 2.24) is 5.32 Å². The summed E-state index contributed by atoms with van der Waals surface area (Å²) in [5.74, 6) is -0.550. The van der Waals surface area contributed by atoms with Crippen LogP contribution < -0.4 is 5.32 Å². The van der Waals surface area contributed by atoms with Gasteiger partial charge >= 0.3 is 6.18 Å². The molecule has 0 spiro atoms. The standard InChI is InChI=1S/C11H10ClF4N/c12-8-3-7(4-9(13)5-8)6-17-10(1-2-10)11(14,15)16/h3-5,17H,1-2,6H2. The Labute approximate surface area is 101 Å². The van der Waals surface area contributed by atoms with E-state index in [0.29, 0.717) is 5.56 Å². The van der Waals surface area contributed by atoms with Crippen LogP contribution in [0.4, 0.5) is 17.6 Å². The number of rotatable bonds is 3. The summed E-state index contributed by atoms with van der Waals surface area (Å²) in [5.41, 5.74) is -1.38. The van der Waals surface area contributed by atoms with Gasteiger partial charge in [0.1, 0.15) is 11.4 Å². The highest BCUT2D eigenvalue weighted by Gasteiger charge is 2.62. The van der Waals surface area contributed by atoms with E-state index in [0.717, 1.165) is 6.07 Å². The molecule has 1 aliphatic rings. The van der Waals surface area contributed by atoms with Crippen LogP contribution in [0.15, 0.2) is 18.2 Å². The Bertz CT molecular complexity index is 406. The minimum Gasteiger partial charge on any atom is -0.299 e. The van der Waals surface area contributed by atoms with Crippen LogP contribution in [-0.2, 0) is 6.54 Å². The van der Waals surface area contributed by atoms with Gasteiger partial charge in [-0.2, -0.15) is 13.2 Å². The Hall–Kier alpha value is -0.810. The molecule has 6 heteroatoms. The van der Waals surface area contributed by atoms with Crippen LogP contribution >= 0.6 is 11.6 Å². The molecule has 0 aromatic heterocycles. The van der Waals surface area contributed by atoms with E-state index >= 15 is 0 Å². The molecule has 0 heterocycles. The molecule has 94 valence electrons. The molecule has 1 aromatic carbocycles. The molecule has 0 bridgehead atoms. The molecule has 0 amide bonds. The first kappa shape index (κ1) is 12.6. The summed E-state index contributed by atoms with van der Waals surface area (Å²) in [7, 11) is 0. The molecule has 0 radical (unpaired) electrons. The van der Waals surface area contributed by atoms with E-state index in [4.69, 9.17) is 11.6 Å². The predicted octanol–water partition coefficient (Wildman–Crippen LogP) is 3.66. The van der Waals surface area contributed by atoms with Crippen LogP contribution in [0.3, 0.4) is 0 Å². The molecule has 2 rings (SSSR count). The van der Waals surface area contributed by atoms with Crippen LogP contribution in [0.5, 0.6) is 0 Å². The zero-order valence-electron chi connectivity index (χ0n) is 8.74. The average Bonchev–Trinajstić information content (AvgIpc) is 2.92. The summed E-state index contributed by atoms with van der Waals surface area (Å²) >= 11 is 5.62. The highest BCUT2D eigenvalue weighted by molar-refractivity contribution is 6.30. The second-order valence-corrected chi connectivity index (χ2v) is 4.65. The molecule has 0 saturated heterocycles. The first-order valence-electron chi connectivity index (χ1n) is 5.09. The van der Waals surface area contributed by atoms with Gasteiger partial charge in [0.15, 0.2) is 0 Å². The maximum Gasteiger partial charge on any atom is 0.406 e. The van der Waals surface area contributed by atoms with Gasteiger partial charge in [-0.15, -0.1) is 0 Å². The SMILES string of the molecule is Fc1cc(Cl)cc(CNC2(C(F)(F)F)CC2)c1. The van der Waals surface area contributed by atoms with Crippen molar-refractivity contribution in [2.24, 2.45) is 0 Å². The number of alkyl halides is 3. The molecule has 0 unspecified atom stereocenters. The predicted molar refractivity (Wildman–Crippen MR) is 56.3 cm³/mol. The largest absolute Gasteiger partial charge is 0.406 e. The monoisotopic (exact) mass is 267 g/mol. The Morgan fingerprint density at radius 1 is 1.24 bits per heavy atom. The van der Waals surface area contributed by atoms with Gasteiger partial charge in [-0.1, -0.05) is 11.6 Å². The lowest BCUT2D eigenvalue weighted by Gasteiger charge is -2.20. The fourth-order valence-corrected chi connectivity index (χ4v) is 1.91. The van der Waals surface area contributed by atoms with Gasteiger partial charge in [-0.05, 0) is 36.6 Å². The summed E-state index contributed by atoms with van der Waals surface area (Å²) in [4.78, 5) is 0. The number of hydrogen-bond acceptors (Lipinski definition) is 1. The highest BCUT2D eigenvalue weighted by atomic mass is 35.5. The van der Waals surface area contributed by atoms with Crippen LogP contribution in [0.1, 0.15) is 18.4 Å². The lowest BCUT2D eigenvalue weighted by atomic mass is 10.2. The minimum absolute atomic E-state index is 0.0447. The molecule has 0 atom stereocenters. The molecule has 1 aromatic rings. The third kappa shape index (κ3) is 2.72. The molecule has 1 saturated carbocycles. The van der Waals surface area contributed by atoms with Crippen molar-refractivity contribution >= 4 is 11.6 Å². The quantitative estimate of drug-likeness (QED) is 0.824. The zero-order valence-corrected chi connectivity index (χ0v) is 9.50. The van der Waals surface area contributed by atoms with Crippen LogP contribution in [0, 0.1) is 5.82 Å². The number of halogens is 5. The van der Waals surface area contributed by atoms with Crippen LogP contribution in [0.2, 0.25) is 5.02 Å². The molecule has 0 aliphatic heterocycles. The molecular weight excluding hydrogens is 258 g/mol. The first-order valence-corrected chi connectivity index (χ1v) is 5.47. The van der Waals surface area contributed by atoms with E-state index in [1.165, 1.54) is 12.1 Å². The normalized spacial score (nSPS) is 18.2. The van der Waals surface area contributed by atoms with Gasteiger partial charge in [-0.3, -0.25) is 5.32 Å². The molecule has 1 fully saturated rings. The van der Waals surface area contributed by atoms with Crippen molar-refractivity contribution in [2.45, 2.75) is 31.1 Å². The van der Waals surface area contributed by atoms with Gasteiger partial charge in [0, 0.05) is 11.6 Å². The number of benzene rings is 1. The molecule has 1 nitrogen and oxygen atoms in total. The average molecular weight is 268 g/mol. The van der Waals surface area contributed by atoms with Gasteiger partial charge in [0.25, 0.3) is 0 Å². The van der Waals surface area contributed by atoms with Crippen LogP contribution in [-0.4, -0.2) is 11.7 Å². The van der Waals surface area contributed by atoms with Gasteiger partial charge in [0.05, 0.1) is 0 Å². The Morgan fingerprint density at radius 2 is 1.88 bits per heavy atom. The van der Waals surface area contributed by atoms with Gasteiger partial charge in [-0.25, -0.2) is 4.39 Å². The second-order valence-electron chi connectivity index (χ2n) is 4.21. The van der Waals surface area contributed by atoms with E-state index in [9.17, 15) is 17.6 Å². The third-order valence-corrected chi connectivity index (χ3v) is 3.06. The van der Waals surface area contributed by atoms with Crippen molar-refractivity contribution in [3.8, 4) is 0 Å². The zero-order chi connectivity index (χ0) is 12.7. The van der Waals surface area contributed by atoms with Crippen molar-refractivity contribution in [3.63, 3.8) is 0 Å². The lowest BCUT2D eigenvalue weighted by molar-refractivity contribution is -0.166. The maximum absolute atomic E-state index is 13.0. The topological polar surface area (TPSA) is 12.0 Å². The van der Waals surface area contributed by atoms with E-state index in [2.05, 4.69) is 5.32 Å². The Balaban J connectivity index is 2.03. The van der Waals surface area contributed by atoms with Gasteiger partial charge < -0.3 is 0 Å². The number of hydrogen-bond donors (Lipinski definition) is 1. The minimum atomic E-state index is -4.26. The summed E-state index contributed by atoms with van der Waals surface area (Å²) < 4.78 is 50.7. The Kier molecular flexibility index (Phi) is 3.08. The summed E-state index contributed by atoms with van der Waals surface area (Å²) in [6, 6.07) is 3.73. The highest BCUT2D eigenvalue weighted by Crippen LogP contribution is 2.49. The van der Waals surface area contributed by atoms with Gasteiger partial charge in [0.2, 0.25) is 0 Å². The second kappa shape index (κ2) is 4.14. The summed E-state index contributed by atoms with van der Waals surface area (Å²) in [6.45, 7) is -0.0447. The van der Waals surface area contributed by atoms with Crippen molar-refractivity contribution in [1.29, 1.82) is 0 Å². The van der Waals surface area contributed by atoms with Crippen molar-refractivity contribution in [3.05, 3.63) is 34.6 Å². The van der Waals surface area contributed by atoms with E-state index in [1.807, 2.05) is 0 Å². The summed E-state index contributed by atoms with van der Waals surface area (Å²) in [5, 5.41) is 2.61. The third-order valence-electron chi connectivity index (χ3n) is 2.85. The van der Waals surface area contributed by atoms with E-state index in [-0.39, 0.29) is 24.4 Å². The maximum atomic E-state index is 13.0. The van der Waals surface area contributed by atoms with Crippen LogP contribution in [0.25, 0.3) is 0 Å². The molecule has 1 N–H and O–H groups in total. The van der Waals surface area contributed by atoms with Crippen molar-refractivity contribution in [2.75, 3.05) is 0 Å².